The second kappa shape index (κ2) is 6.60. The number of benzene rings is 2. The highest BCUT2D eigenvalue weighted by Crippen LogP contribution is 2.36. The van der Waals surface area contributed by atoms with Crippen LogP contribution in [0, 0.1) is 15.9 Å². The number of nitro benzene ring substituents is 1. The summed E-state index contributed by atoms with van der Waals surface area (Å²) in [7, 11) is -2.63. The highest BCUT2D eigenvalue weighted by atomic mass is 79.9. The average molecular weight is 405 g/mol. The van der Waals surface area contributed by atoms with E-state index in [4.69, 9.17) is 4.74 Å². The summed E-state index contributed by atoms with van der Waals surface area (Å²) in [5, 5.41) is 11.2. The Morgan fingerprint density at radius 2 is 1.87 bits per heavy atom. The van der Waals surface area contributed by atoms with Crippen LogP contribution in [0.1, 0.15) is 0 Å². The largest absolute Gasteiger partial charge is 0.449 e. The summed E-state index contributed by atoms with van der Waals surface area (Å²) in [6.45, 7) is 0. The fourth-order valence-corrected chi connectivity index (χ4v) is 2.87. The third kappa shape index (κ3) is 3.84. The van der Waals surface area contributed by atoms with Gasteiger partial charge in [-0.05, 0) is 53.3 Å². The molecule has 0 aromatic heterocycles. The Morgan fingerprint density at radius 3 is 2.43 bits per heavy atom. The van der Waals surface area contributed by atoms with Crippen LogP contribution in [0.15, 0.2) is 45.8 Å². The topological polar surface area (TPSA) is 98.5 Å². The second-order valence-electron chi connectivity index (χ2n) is 4.27. The molecule has 0 saturated carbocycles. The lowest BCUT2D eigenvalue weighted by atomic mass is 10.3. The van der Waals surface area contributed by atoms with E-state index in [1.54, 1.807) is 0 Å². The number of nitrogens with zero attached hydrogens (tertiary/aromatic N) is 1. The molecule has 0 spiro atoms. The molecule has 0 unspecified atom stereocenters. The molecule has 122 valence electrons. The molecular formula is C13H10BrFN2O5S. The molecule has 0 saturated heterocycles. The van der Waals surface area contributed by atoms with Gasteiger partial charge in [-0.15, -0.1) is 0 Å². The van der Waals surface area contributed by atoms with Gasteiger partial charge in [0.2, 0.25) is 15.8 Å². The number of hydrogen-bond donors (Lipinski definition) is 1. The van der Waals surface area contributed by atoms with Gasteiger partial charge in [0.25, 0.3) is 0 Å². The minimum Gasteiger partial charge on any atom is -0.449 e. The third-order valence-corrected chi connectivity index (χ3v) is 4.85. The van der Waals surface area contributed by atoms with Gasteiger partial charge in [0.05, 0.1) is 14.3 Å². The molecule has 10 heteroatoms. The maximum atomic E-state index is 13.0. The first-order valence-corrected chi connectivity index (χ1v) is 8.37. The molecule has 0 aliphatic heterocycles. The molecular weight excluding hydrogens is 395 g/mol. The number of ether oxygens (including phenoxy) is 1. The van der Waals surface area contributed by atoms with Gasteiger partial charge < -0.3 is 4.74 Å². The van der Waals surface area contributed by atoms with Gasteiger partial charge in [0, 0.05) is 6.07 Å². The van der Waals surface area contributed by atoms with Crippen LogP contribution < -0.4 is 9.46 Å². The summed E-state index contributed by atoms with van der Waals surface area (Å²) < 4.78 is 44.2. The van der Waals surface area contributed by atoms with Crippen LogP contribution in [0.2, 0.25) is 0 Å². The quantitative estimate of drug-likeness (QED) is 0.609. The minimum absolute atomic E-state index is 0.152. The molecule has 2 aromatic rings. The number of nitrogens with one attached hydrogen (secondary N) is 1. The molecule has 2 rings (SSSR count). The Bertz CT molecular complexity index is 873. The Hall–Kier alpha value is -2.04. The summed E-state index contributed by atoms with van der Waals surface area (Å²) in [4.78, 5) is 10.1. The van der Waals surface area contributed by atoms with E-state index >= 15 is 0 Å². The van der Waals surface area contributed by atoms with Crippen molar-refractivity contribution in [2.75, 3.05) is 7.05 Å². The molecule has 0 aliphatic rings. The van der Waals surface area contributed by atoms with Gasteiger partial charge in [-0.25, -0.2) is 17.5 Å². The van der Waals surface area contributed by atoms with Crippen molar-refractivity contribution < 1.29 is 22.5 Å². The van der Waals surface area contributed by atoms with Gasteiger partial charge in [-0.1, -0.05) is 0 Å². The van der Waals surface area contributed by atoms with Crippen molar-refractivity contribution in [2.45, 2.75) is 4.90 Å². The third-order valence-electron chi connectivity index (χ3n) is 2.82. The average Bonchev–Trinajstić information content (AvgIpc) is 2.50. The SMILES string of the molecule is CNS(=O)(=O)c1ccc(Oc2ccc(F)cc2Br)c([N+](=O)[O-])c1. The zero-order chi connectivity index (χ0) is 17.2. The lowest BCUT2D eigenvalue weighted by Crippen LogP contribution is -2.18. The van der Waals surface area contributed by atoms with Crippen LogP contribution in [0.25, 0.3) is 0 Å². The highest BCUT2D eigenvalue weighted by molar-refractivity contribution is 9.10. The van der Waals surface area contributed by atoms with E-state index in [1.807, 2.05) is 0 Å². The van der Waals surface area contributed by atoms with E-state index in [1.165, 1.54) is 19.2 Å². The van der Waals surface area contributed by atoms with Gasteiger partial charge in [-0.3, -0.25) is 10.1 Å². The predicted octanol–water partition coefficient (Wildman–Crippen LogP) is 3.20. The smallest absolute Gasteiger partial charge is 0.312 e. The number of sulfonamides is 1. The molecule has 0 aliphatic carbocycles. The lowest BCUT2D eigenvalue weighted by molar-refractivity contribution is -0.385. The summed E-state index contributed by atoms with van der Waals surface area (Å²) >= 11 is 3.08. The Kier molecular flexibility index (Phi) is 4.97. The molecule has 2 aromatic carbocycles. The molecule has 0 amide bonds. The molecule has 0 atom stereocenters. The van der Waals surface area contributed by atoms with Crippen molar-refractivity contribution in [2.24, 2.45) is 0 Å². The zero-order valence-electron chi connectivity index (χ0n) is 11.6. The Labute approximate surface area is 139 Å². The van der Waals surface area contributed by atoms with Crippen LogP contribution in [0.3, 0.4) is 0 Å². The van der Waals surface area contributed by atoms with Crippen LogP contribution in [0.5, 0.6) is 11.5 Å². The summed E-state index contributed by atoms with van der Waals surface area (Å²) in [6.07, 6.45) is 0. The minimum atomic E-state index is -3.83. The van der Waals surface area contributed by atoms with Crippen molar-refractivity contribution in [3.63, 3.8) is 0 Å². The van der Waals surface area contributed by atoms with E-state index in [2.05, 4.69) is 20.7 Å². The molecule has 1 N–H and O–H groups in total. The van der Waals surface area contributed by atoms with Crippen molar-refractivity contribution in [3.05, 3.63) is 56.8 Å². The van der Waals surface area contributed by atoms with E-state index in [0.717, 1.165) is 24.3 Å². The first-order valence-electron chi connectivity index (χ1n) is 6.09. The van der Waals surface area contributed by atoms with Gasteiger partial charge in [0.15, 0.2) is 0 Å². The first-order chi connectivity index (χ1) is 10.7. The number of halogens is 2. The van der Waals surface area contributed by atoms with Crippen molar-refractivity contribution in [3.8, 4) is 11.5 Å². The van der Waals surface area contributed by atoms with Gasteiger partial charge in [0.1, 0.15) is 11.6 Å². The van der Waals surface area contributed by atoms with Gasteiger partial charge in [-0.2, -0.15) is 0 Å². The Balaban J connectivity index is 2.48. The molecule has 7 nitrogen and oxygen atoms in total. The van der Waals surface area contributed by atoms with Crippen LogP contribution in [-0.4, -0.2) is 20.4 Å². The molecule has 0 heterocycles. The Morgan fingerprint density at radius 1 is 1.22 bits per heavy atom. The summed E-state index contributed by atoms with van der Waals surface area (Å²) in [6, 6.07) is 6.79. The number of hydrogen-bond acceptors (Lipinski definition) is 5. The van der Waals surface area contributed by atoms with Crippen molar-refractivity contribution in [1.29, 1.82) is 0 Å². The standard InChI is InChI=1S/C13H10BrFN2O5S/c1-16-23(20,21)9-3-5-13(11(7-9)17(18)19)22-12-4-2-8(15)6-10(12)14/h2-7,16H,1H3. The van der Waals surface area contributed by atoms with Crippen molar-refractivity contribution in [1.82, 2.24) is 4.72 Å². The van der Waals surface area contributed by atoms with E-state index in [-0.39, 0.29) is 20.9 Å². The predicted molar refractivity (Wildman–Crippen MR) is 83.5 cm³/mol. The normalized spacial score (nSPS) is 11.3. The molecule has 0 fully saturated rings. The van der Waals surface area contributed by atoms with Crippen LogP contribution in [-0.2, 0) is 10.0 Å². The number of nitro groups is 1. The van der Waals surface area contributed by atoms with E-state index < -0.39 is 26.5 Å². The fraction of sp³-hybridized carbons (Fsp3) is 0.0769. The van der Waals surface area contributed by atoms with Crippen LogP contribution >= 0.6 is 15.9 Å². The number of rotatable bonds is 5. The van der Waals surface area contributed by atoms with E-state index in [9.17, 15) is 22.9 Å². The fourth-order valence-electron chi connectivity index (χ4n) is 1.69. The monoisotopic (exact) mass is 404 g/mol. The summed E-state index contributed by atoms with van der Waals surface area (Å²) in [5.41, 5.74) is -0.530. The maximum absolute atomic E-state index is 13.0. The lowest BCUT2D eigenvalue weighted by Gasteiger charge is -2.09. The zero-order valence-corrected chi connectivity index (χ0v) is 14.0. The highest BCUT2D eigenvalue weighted by Gasteiger charge is 2.22. The molecule has 0 radical (unpaired) electrons. The van der Waals surface area contributed by atoms with Gasteiger partial charge >= 0.3 is 5.69 Å². The van der Waals surface area contributed by atoms with Crippen molar-refractivity contribution >= 4 is 31.6 Å². The second-order valence-corrected chi connectivity index (χ2v) is 7.01. The van der Waals surface area contributed by atoms with Crippen LogP contribution in [0.4, 0.5) is 10.1 Å². The summed E-state index contributed by atoms with van der Waals surface area (Å²) in [5.74, 6) is -0.523. The molecule has 23 heavy (non-hydrogen) atoms. The van der Waals surface area contributed by atoms with E-state index in [0.29, 0.717) is 0 Å². The molecule has 0 bridgehead atoms. The first kappa shape index (κ1) is 17.3. The maximum Gasteiger partial charge on any atom is 0.312 e.